The first-order chi connectivity index (χ1) is 10.1. The van der Waals surface area contributed by atoms with Crippen molar-refractivity contribution in [2.75, 3.05) is 0 Å². The van der Waals surface area contributed by atoms with Gasteiger partial charge >= 0.3 is 0 Å². The van der Waals surface area contributed by atoms with Crippen molar-refractivity contribution < 1.29 is 4.79 Å². The lowest BCUT2D eigenvalue weighted by Gasteiger charge is -2.18. The van der Waals surface area contributed by atoms with Crippen LogP contribution >= 0.6 is 0 Å². The number of carbonyl (C=O) groups is 1. The summed E-state index contributed by atoms with van der Waals surface area (Å²) in [5.41, 5.74) is 4.44. The van der Waals surface area contributed by atoms with Crippen LogP contribution < -0.4 is 0 Å². The van der Waals surface area contributed by atoms with Crippen molar-refractivity contribution in [3.8, 4) is 5.95 Å². The number of aryl methyl sites for hydroxylation is 1. The third-order valence-electron chi connectivity index (χ3n) is 4.09. The topological polar surface area (TPSA) is 63.6 Å². The standard InChI is InChI=1S/C16H16N4O/c1-9-7-13-15(14(21)8-9)10(2)19-20(13)16-17-11-5-3-4-6-12(11)18-16/h3-6,9H,7-8H2,1-2H3,(H,17,18)/t9-/m1/s1. The molecule has 0 fully saturated rings. The van der Waals surface area contributed by atoms with E-state index >= 15 is 0 Å². The molecule has 5 heteroatoms. The van der Waals surface area contributed by atoms with Crippen molar-refractivity contribution in [1.82, 2.24) is 19.7 Å². The minimum Gasteiger partial charge on any atom is -0.322 e. The number of H-pyrrole nitrogens is 1. The normalized spacial score (nSPS) is 18.2. The number of aromatic nitrogens is 4. The lowest BCUT2D eigenvalue weighted by molar-refractivity contribution is 0.0952. The van der Waals surface area contributed by atoms with Crippen molar-refractivity contribution in [3.05, 3.63) is 41.2 Å². The fourth-order valence-corrected chi connectivity index (χ4v) is 3.16. The third kappa shape index (κ3) is 1.81. The van der Waals surface area contributed by atoms with Gasteiger partial charge in [-0.3, -0.25) is 4.79 Å². The fraction of sp³-hybridized carbons (Fsp3) is 0.312. The van der Waals surface area contributed by atoms with E-state index in [9.17, 15) is 4.79 Å². The highest BCUT2D eigenvalue weighted by Crippen LogP contribution is 2.29. The smallest absolute Gasteiger partial charge is 0.229 e. The summed E-state index contributed by atoms with van der Waals surface area (Å²) in [6.45, 7) is 4.00. The summed E-state index contributed by atoms with van der Waals surface area (Å²) in [6, 6.07) is 7.89. The van der Waals surface area contributed by atoms with Crippen molar-refractivity contribution in [2.45, 2.75) is 26.7 Å². The van der Waals surface area contributed by atoms with E-state index in [1.807, 2.05) is 31.2 Å². The highest BCUT2D eigenvalue weighted by Gasteiger charge is 2.29. The van der Waals surface area contributed by atoms with Crippen LogP contribution in [0.3, 0.4) is 0 Å². The lowest BCUT2D eigenvalue weighted by atomic mass is 9.87. The number of Topliss-reactive ketones (excluding diaryl/α,β-unsaturated/α-hetero) is 1. The number of rotatable bonds is 1. The molecule has 0 aliphatic heterocycles. The number of aromatic amines is 1. The van der Waals surface area contributed by atoms with E-state index in [2.05, 4.69) is 22.0 Å². The van der Waals surface area contributed by atoms with Crippen LogP contribution in [0.25, 0.3) is 17.0 Å². The molecule has 0 saturated heterocycles. The van der Waals surface area contributed by atoms with Gasteiger partial charge in [-0.2, -0.15) is 5.10 Å². The number of benzene rings is 1. The Morgan fingerprint density at radius 3 is 2.90 bits per heavy atom. The second-order valence-electron chi connectivity index (χ2n) is 5.83. The molecule has 2 aromatic heterocycles. The first-order valence-electron chi connectivity index (χ1n) is 7.20. The van der Waals surface area contributed by atoms with E-state index in [1.54, 1.807) is 4.68 Å². The molecule has 5 nitrogen and oxygen atoms in total. The largest absolute Gasteiger partial charge is 0.322 e. The molecule has 21 heavy (non-hydrogen) atoms. The Morgan fingerprint density at radius 2 is 2.10 bits per heavy atom. The number of nitrogens with one attached hydrogen (secondary N) is 1. The van der Waals surface area contributed by atoms with Crippen LogP contribution in [0, 0.1) is 12.8 Å². The molecular formula is C16H16N4O. The van der Waals surface area contributed by atoms with Gasteiger partial charge in [-0.05, 0) is 31.4 Å². The molecule has 0 spiro atoms. The average molecular weight is 280 g/mol. The molecule has 2 heterocycles. The third-order valence-corrected chi connectivity index (χ3v) is 4.09. The van der Waals surface area contributed by atoms with E-state index in [0.29, 0.717) is 18.3 Å². The maximum absolute atomic E-state index is 12.2. The van der Waals surface area contributed by atoms with Gasteiger partial charge < -0.3 is 4.98 Å². The van der Waals surface area contributed by atoms with Crippen molar-refractivity contribution in [3.63, 3.8) is 0 Å². The van der Waals surface area contributed by atoms with Gasteiger partial charge in [0.05, 0.1) is 28.0 Å². The number of para-hydroxylation sites is 2. The van der Waals surface area contributed by atoms with Crippen LogP contribution in [0.5, 0.6) is 0 Å². The molecule has 0 bridgehead atoms. The predicted octanol–water partition coefficient (Wildman–Crippen LogP) is 2.82. The second kappa shape index (κ2) is 4.28. The zero-order valence-electron chi connectivity index (χ0n) is 12.1. The summed E-state index contributed by atoms with van der Waals surface area (Å²) in [6.07, 6.45) is 1.47. The minimum atomic E-state index is 0.198. The molecule has 1 aliphatic carbocycles. The number of nitrogens with zero attached hydrogens (tertiary/aromatic N) is 3. The Morgan fingerprint density at radius 1 is 1.29 bits per heavy atom. The fourth-order valence-electron chi connectivity index (χ4n) is 3.16. The van der Waals surface area contributed by atoms with Crippen LogP contribution in [0.15, 0.2) is 24.3 Å². The molecule has 0 radical (unpaired) electrons. The summed E-state index contributed by atoms with van der Waals surface area (Å²) in [4.78, 5) is 20.1. The predicted molar refractivity (Wildman–Crippen MR) is 79.8 cm³/mol. The average Bonchev–Trinajstić information content (AvgIpc) is 2.99. The van der Waals surface area contributed by atoms with Gasteiger partial charge in [0.2, 0.25) is 5.95 Å². The number of ketones is 1. The monoisotopic (exact) mass is 280 g/mol. The minimum absolute atomic E-state index is 0.198. The van der Waals surface area contributed by atoms with Gasteiger partial charge in [0, 0.05) is 6.42 Å². The van der Waals surface area contributed by atoms with Crippen molar-refractivity contribution >= 4 is 16.8 Å². The van der Waals surface area contributed by atoms with Crippen LogP contribution in [-0.2, 0) is 6.42 Å². The number of imidazole rings is 1. The number of hydrogen-bond acceptors (Lipinski definition) is 3. The van der Waals surface area contributed by atoms with E-state index < -0.39 is 0 Å². The molecular weight excluding hydrogens is 264 g/mol. The van der Waals surface area contributed by atoms with E-state index in [1.165, 1.54) is 0 Å². The van der Waals surface area contributed by atoms with Gasteiger partial charge in [0.15, 0.2) is 5.78 Å². The van der Waals surface area contributed by atoms with Crippen LogP contribution in [0.2, 0.25) is 0 Å². The van der Waals surface area contributed by atoms with Gasteiger partial charge in [0.25, 0.3) is 0 Å². The van der Waals surface area contributed by atoms with Crippen LogP contribution in [0.1, 0.15) is 35.1 Å². The van der Waals surface area contributed by atoms with Crippen molar-refractivity contribution in [1.29, 1.82) is 0 Å². The zero-order chi connectivity index (χ0) is 14.6. The quantitative estimate of drug-likeness (QED) is 0.745. The maximum atomic E-state index is 12.2. The summed E-state index contributed by atoms with van der Waals surface area (Å²) in [7, 11) is 0. The summed E-state index contributed by atoms with van der Waals surface area (Å²) >= 11 is 0. The molecule has 1 aromatic carbocycles. The summed E-state index contributed by atoms with van der Waals surface area (Å²) in [5, 5.41) is 4.54. The second-order valence-corrected chi connectivity index (χ2v) is 5.83. The lowest BCUT2D eigenvalue weighted by Crippen LogP contribution is -2.20. The number of carbonyl (C=O) groups excluding carboxylic acids is 1. The van der Waals surface area contributed by atoms with Gasteiger partial charge in [-0.25, -0.2) is 9.67 Å². The van der Waals surface area contributed by atoms with E-state index in [4.69, 9.17) is 0 Å². The highest BCUT2D eigenvalue weighted by atomic mass is 16.1. The number of hydrogen-bond donors (Lipinski definition) is 1. The summed E-state index contributed by atoms with van der Waals surface area (Å²) < 4.78 is 1.80. The first-order valence-corrected chi connectivity index (χ1v) is 7.20. The molecule has 0 amide bonds. The van der Waals surface area contributed by atoms with Crippen LogP contribution in [0.4, 0.5) is 0 Å². The first kappa shape index (κ1) is 12.3. The molecule has 106 valence electrons. The van der Waals surface area contributed by atoms with E-state index in [-0.39, 0.29) is 5.78 Å². The zero-order valence-corrected chi connectivity index (χ0v) is 12.1. The Labute approximate surface area is 122 Å². The van der Waals surface area contributed by atoms with E-state index in [0.717, 1.165) is 34.4 Å². The molecule has 4 rings (SSSR count). The SMILES string of the molecule is Cc1nn(-c2nc3ccccc3[nH]2)c2c1C(=O)C[C@H](C)C2. The molecule has 1 aliphatic rings. The Hall–Kier alpha value is -2.43. The molecule has 1 atom stereocenters. The van der Waals surface area contributed by atoms with Crippen LogP contribution in [-0.4, -0.2) is 25.5 Å². The van der Waals surface area contributed by atoms with Crippen molar-refractivity contribution in [2.24, 2.45) is 5.92 Å². The summed E-state index contributed by atoms with van der Waals surface area (Å²) in [5.74, 6) is 1.23. The highest BCUT2D eigenvalue weighted by molar-refractivity contribution is 5.99. The van der Waals surface area contributed by atoms with Gasteiger partial charge in [-0.1, -0.05) is 19.1 Å². The van der Waals surface area contributed by atoms with Gasteiger partial charge in [0.1, 0.15) is 0 Å². The molecule has 0 unspecified atom stereocenters. The maximum Gasteiger partial charge on any atom is 0.229 e. The Bertz CT molecular complexity index is 825. The number of fused-ring (bicyclic) bond motifs is 2. The molecule has 3 aromatic rings. The Kier molecular flexibility index (Phi) is 2.51. The Balaban J connectivity index is 1.93. The van der Waals surface area contributed by atoms with Gasteiger partial charge in [-0.15, -0.1) is 0 Å². The molecule has 1 N–H and O–H groups in total. The molecule has 0 saturated carbocycles.